The zero-order chi connectivity index (χ0) is 17.1. The van der Waals surface area contributed by atoms with Crippen LogP contribution in [0.1, 0.15) is 18.1 Å². The Morgan fingerprint density at radius 3 is 2.75 bits per heavy atom. The normalized spacial score (nSPS) is 19.5. The van der Waals surface area contributed by atoms with Crippen molar-refractivity contribution in [2.24, 2.45) is 5.73 Å². The molecule has 5 heteroatoms. The minimum Gasteiger partial charge on any atom is -0.349 e. The zero-order valence-electron chi connectivity index (χ0n) is 14.1. The van der Waals surface area contributed by atoms with Crippen molar-refractivity contribution in [2.75, 3.05) is 19.6 Å². The van der Waals surface area contributed by atoms with Crippen LogP contribution in [-0.2, 0) is 13.1 Å². The Bertz CT molecular complexity index is 707. The predicted molar refractivity (Wildman–Crippen MR) is 96.9 cm³/mol. The summed E-state index contributed by atoms with van der Waals surface area (Å²) in [6.07, 6.45) is 0. The van der Waals surface area contributed by atoms with Crippen LogP contribution in [0.5, 0.6) is 0 Å². The maximum Gasteiger partial charge on any atom is 0.182 e. The Morgan fingerprint density at radius 1 is 1.17 bits per heavy atom. The number of hydrogen-bond donors (Lipinski definition) is 1. The third-order valence-electron chi connectivity index (χ3n) is 4.67. The summed E-state index contributed by atoms with van der Waals surface area (Å²) < 4.78 is 14.2. The molecule has 0 aromatic heterocycles. The van der Waals surface area contributed by atoms with Crippen molar-refractivity contribution >= 4 is 7.98 Å². The minimum atomic E-state index is -0.213. The number of piperazine rings is 1. The fraction of sp³-hybridized carbons (Fsp3) is 0.368. The van der Waals surface area contributed by atoms with E-state index in [2.05, 4.69) is 24.0 Å². The number of nitrogens with two attached hydrogens (primary N) is 1. The van der Waals surface area contributed by atoms with Gasteiger partial charge in [0, 0.05) is 37.8 Å². The average molecular weight is 323 g/mol. The first-order valence-electron chi connectivity index (χ1n) is 8.38. The highest BCUT2D eigenvalue weighted by atomic mass is 19.1. The molecule has 1 aliphatic heterocycles. The van der Waals surface area contributed by atoms with Crippen molar-refractivity contribution in [3.05, 3.63) is 59.4 Å². The second-order valence-electron chi connectivity index (χ2n) is 6.54. The molecular formula is C19H23BFN3. The standard InChI is InChI=1S/C19H23BFN3/c1-14-12-23(7-8-24(14)20)13-16-3-2-4-17(9-16)18-10-15(11-22)5-6-19(18)21/h2-6,9-10,14H,7-8,11-13,22H2,1H3/t14-/m0/s1. The highest BCUT2D eigenvalue weighted by Gasteiger charge is 2.20. The quantitative estimate of drug-likeness (QED) is 0.878. The van der Waals surface area contributed by atoms with Crippen molar-refractivity contribution in [1.29, 1.82) is 0 Å². The SMILES string of the molecule is [B]N1CCN(Cc2cccc(-c3cc(CN)ccc3F)c2)C[C@@H]1C. The summed E-state index contributed by atoms with van der Waals surface area (Å²) in [7, 11) is 5.93. The Hall–Kier alpha value is -1.69. The number of halogens is 1. The molecule has 0 bridgehead atoms. The molecule has 0 unspecified atom stereocenters. The van der Waals surface area contributed by atoms with E-state index in [0.29, 0.717) is 18.2 Å². The molecule has 3 rings (SSSR count). The molecule has 0 spiro atoms. The first kappa shape index (κ1) is 17.1. The van der Waals surface area contributed by atoms with Crippen molar-refractivity contribution in [3.63, 3.8) is 0 Å². The van der Waals surface area contributed by atoms with E-state index in [1.54, 1.807) is 6.07 Å². The fourth-order valence-electron chi connectivity index (χ4n) is 3.21. The molecule has 3 nitrogen and oxygen atoms in total. The van der Waals surface area contributed by atoms with Gasteiger partial charge in [0.15, 0.2) is 7.98 Å². The van der Waals surface area contributed by atoms with Crippen LogP contribution in [-0.4, -0.2) is 43.4 Å². The van der Waals surface area contributed by atoms with E-state index in [0.717, 1.165) is 37.3 Å². The van der Waals surface area contributed by atoms with E-state index < -0.39 is 0 Å². The summed E-state index contributed by atoms with van der Waals surface area (Å²) in [6, 6.07) is 13.5. The van der Waals surface area contributed by atoms with Gasteiger partial charge < -0.3 is 10.5 Å². The van der Waals surface area contributed by atoms with Gasteiger partial charge in [0.25, 0.3) is 0 Å². The molecule has 1 fully saturated rings. The van der Waals surface area contributed by atoms with Gasteiger partial charge >= 0.3 is 0 Å². The Labute approximate surface area is 144 Å². The molecule has 2 N–H and O–H groups in total. The van der Waals surface area contributed by atoms with Gasteiger partial charge in [0.1, 0.15) is 5.82 Å². The van der Waals surface area contributed by atoms with Gasteiger partial charge in [-0.05, 0) is 48.4 Å². The molecule has 0 aliphatic carbocycles. The van der Waals surface area contributed by atoms with E-state index in [1.807, 2.05) is 23.0 Å². The van der Waals surface area contributed by atoms with Crippen LogP contribution >= 0.6 is 0 Å². The molecule has 2 radical (unpaired) electrons. The van der Waals surface area contributed by atoms with E-state index in [4.69, 9.17) is 13.7 Å². The van der Waals surface area contributed by atoms with Gasteiger partial charge in [0.2, 0.25) is 0 Å². The summed E-state index contributed by atoms with van der Waals surface area (Å²) in [6.45, 7) is 6.16. The minimum absolute atomic E-state index is 0.213. The topological polar surface area (TPSA) is 32.5 Å². The van der Waals surface area contributed by atoms with Crippen LogP contribution in [0.2, 0.25) is 0 Å². The summed E-state index contributed by atoms with van der Waals surface area (Å²) in [4.78, 5) is 4.28. The molecule has 1 aliphatic rings. The Kier molecular flexibility index (Phi) is 5.34. The molecule has 1 heterocycles. The first-order valence-corrected chi connectivity index (χ1v) is 8.38. The van der Waals surface area contributed by atoms with E-state index >= 15 is 0 Å². The van der Waals surface area contributed by atoms with Gasteiger partial charge in [-0.25, -0.2) is 4.39 Å². The lowest BCUT2D eigenvalue weighted by molar-refractivity contribution is 0.140. The lowest BCUT2D eigenvalue weighted by atomic mass is 10.00. The van der Waals surface area contributed by atoms with Crippen molar-refractivity contribution < 1.29 is 4.39 Å². The molecule has 0 saturated carbocycles. The van der Waals surface area contributed by atoms with Crippen LogP contribution in [0.25, 0.3) is 11.1 Å². The molecular weight excluding hydrogens is 300 g/mol. The van der Waals surface area contributed by atoms with E-state index in [9.17, 15) is 4.39 Å². The molecule has 124 valence electrons. The lowest BCUT2D eigenvalue weighted by Crippen LogP contribution is -2.50. The molecule has 2 aromatic carbocycles. The number of hydrogen-bond acceptors (Lipinski definition) is 3. The van der Waals surface area contributed by atoms with Crippen LogP contribution in [0.15, 0.2) is 42.5 Å². The number of rotatable bonds is 4. The first-order chi connectivity index (χ1) is 11.6. The van der Waals surface area contributed by atoms with Gasteiger partial charge in [0.05, 0.1) is 0 Å². The van der Waals surface area contributed by atoms with Gasteiger partial charge in [-0.15, -0.1) is 0 Å². The van der Waals surface area contributed by atoms with Crippen LogP contribution < -0.4 is 5.73 Å². The van der Waals surface area contributed by atoms with Crippen molar-refractivity contribution in [1.82, 2.24) is 9.71 Å². The zero-order valence-corrected chi connectivity index (χ0v) is 14.1. The monoisotopic (exact) mass is 323 g/mol. The highest BCUT2D eigenvalue weighted by Crippen LogP contribution is 2.25. The fourth-order valence-corrected chi connectivity index (χ4v) is 3.21. The van der Waals surface area contributed by atoms with Gasteiger partial charge in [-0.2, -0.15) is 0 Å². The van der Waals surface area contributed by atoms with Crippen LogP contribution in [0.4, 0.5) is 4.39 Å². The number of benzene rings is 2. The maximum absolute atomic E-state index is 14.2. The van der Waals surface area contributed by atoms with Crippen LogP contribution in [0, 0.1) is 5.82 Å². The van der Waals surface area contributed by atoms with E-state index in [-0.39, 0.29) is 5.82 Å². The Balaban J connectivity index is 1.80. The maximum atomic E-state index is 14.2. The largest absolute Gasteiger partial charge is 0.349 e. The second-order valence-corrected chi connectivity index (χ2v) is 6.54. The predicted octanol–water partition coefficient (Wildman–Crippen LogP) is 2.54. The van der Waals surface area contributed by atoms with Crippen molar-refractivity contribution in [2.45, 2.75) is 26.1 Å². The summed E-state index contributed by atoms with van der Waals surface area (Å²) in [5, 5.41) is 0. The summed E-state index contributed by atoms with van der Waals surface area (Å²) >= 11 is 0. The van der Waals surface area contributed by atoms with E-state index in [1.165, 1.54) is 11.6 Å². The summed E-state index contributed by atoms with van der Waals surface area (Å²) in [5.74, 6) is -0.213. The van der Waals surface area contributed by atoms with Crippen LogP contribution in [0.3, 0.4) is 0 Å². The third kappa shape index (κ3) is 3.86. The average Bonchev–Trinajstić information content (AvgIpc) is 2.59. The van der Waals surface area contributed by atoms with Crippen molar-refractivity contribution in [3.8, 4) is 11.1 Å². The number of nitrogens with zero attached hydrogens (tertiary/aromatic N) is 2. The lowest BCUT2D eigenvalue weighted by Gasteiger charge is -2.38. The second kappa shape index (κ2) is 7.47. The smallest absolute Gasteiger partial charge is 0.182 e. The van der Waals surface area contributed by atoms with Gasteiger partial charge in [-0.3, -0.25) is 4.90 Å². The summed E-state index contributed by atoms with van der Waals surface area (Å²) in [5.41, 5.74) is 9.30. The molecule has 2 aromatic rings. The third-order valence-corrected chi connectivity index (χ3v) is 4.67. The Morgan fingerprint density at radius 2 is 2.00 bits per heavy atom. The molecule has 24 heavy (non-hydrogen) atoms. The molecule has 1 atom stereocenters. The molecule has 0 amide bonds. The van der Waals surface area contributed by atoms with Gasteiger partial charge in [-0.1, -0.05) is 24.3 Å². The highest BCUT2D eigenvalue weighted by molar-refractivity contribution is 6.04. The molecule has 1 saturated heterocycles.